The van der Waals surface area contributed by atoms with Gasteiger partial charge in [-0.1, -0.05) is 11.6 Å². The summed E-state index contributed by atoms with van der Waals surface area (Å²) in [5.41, 5.74) is 2.49. The van der Waals surface area contributed by atoms with Gasteiger partial charge in [-0.2, -0.15) is 5.10 Å². The van der Waals surface area contributed by atoms with Crippen molar-refractivity contribution >= 4 is 22.9 Å². The molecule has 0 spiro atoms. The molecule has 3 nitrogen and oxygen atoms in total. The molecule has 1 fully saturated rings. The average molecular weight is 268 g/mol. The van der Waals surface area contributed by atoms with E-state index in [0.717, 1.165) is 10.9 Å². The first-order valence-corrected chi connectivity index (χ1v) is 6.96. The fraction of sp³-hybridized carbons (Fsp3) is 0.417. The second kappa shape index (κ2) is 4.44. The Balaban J connectivity index is 2.05. The van der Waals surface area contributed by atoms with Crippen molar-refractivity contribution in [1.29, 1.82) is 0 Å². The van der Waals surface area contributed by atoms with Gasteiger partial charge >= 0.3 is 0 Å². The highest BCUT2D eigenvalue weighted by atomic mass is 35.5. The number of aryl methyl sites for hydroxylation is 1. The summed E-state index contributed by atoms with van der Waals surface area (Å²) >= 11 is 7.62. The van der Waals surface area contributed by atoms with Gasteiger partial charge in [-0.05, 0) is 31.5 Å². The molecule has 1 N–H and O–H groups in total. The van der Waals surface area contributed by atoms with E-state index in [9.17, 15) is 0 Å². The van der Waals surface area contributed by atoms with Crippen LogP contribution in [0.25, 0.3) is 10.4 Å². The molecular weight excluding hydrogens is 254 g/mol. The van der Waals surface area contributed by atoms with E-state index < -0.39 is 0 Å². The van der Waals surface area contributed by atoms with Crippen LogP contribution in [0.3, 0.4) is 0 Å². The summed E-state index contributed by atoms with van der Waals surface area (Å²) in [5.74, 6) is 0. The third-order valence-electron chi connectivity index (χ3n) is 3.21. The minimum Gasteiger partial charge on any atom is -0.309 e. The number of thiophene rings is 1. The van der Waals surface area contributed by atoms with E-state index in [1.165, 1.54) is 29.0 Å². The van der Waals surface area contributed by atoms with Crippen molar-refractivity contribution in [2.45, 2.75) is 18.9 Å². The maximum absolute atomic E-state index is 6.00. The zero-order valence-corrected chi connectivity index (χ0v) is 11.2. The highest BCUT2D eigenvalue weighted by Crippen LogP contribution is 2.37. The molecule has 2 aromatic rings. The molecule has 1 saturated heterocycles. The maximum Gasteiger partial charge on any atom is 0.0934 e. The first-order valence-electron chi connectivity index (χ1n) is 5.76. The number of aromatic nitrogens is 2. The lowest BCUT2D eigenvalue weighted by atomic mass is 10.1. The Morgan fingerprint density at radius 1 is 1.53 bits per heavy atom. The van der Waals surface area contributed by atoms with Crippen LogP contribution in [-0.2, 0) is 7.05 Å². The predicted molar refractivity (Wildman–Crippen MR) is 71.5 cm³/mol. The van der Waals surface area contributed by atoms with Crippen molar-refractivity contribution in [2.24, 2.45) is 7.05 Å². The van der Waals surface area contributed by atoms with E-state index in [0.29, 0.717) is 6.04 Å². The Kier molecular flexibility index (Phi) is 2.94. The zero-order valence-electron chi connectivity index (χ0n) is 9.61. The van der Waals surface area contributed by atoms with Crippen LogP contribution in [0.4, 0.5) is 0 Å². The molecule has 90 valence electrons. The van der Waals surface area contributed by atoms with Crippen LogP contribution < -0.4 is 5.32 Å². The molecule has 0 amide bonds. The first-order chi connectivity index (χ1) is 8.25. The third kappa shape index (κ3) is 2.01. The molecule has 1 aliphatic rings. The van der Waals surface area contributed by atoms with Crippen molar-refractivity contribution < 1.29 is 0 Å². The van der Waals surface area contributed by atoms with Gasteiger partial charge in [0.15, 0.2) is 0 Å². The van der Waals surface area contributed by atoms with Crippen LogP contribution in [-0.4, -0.2) is 16.3 Å². The van der Waals surface area contributed by atoms with Gasteiger partial charge < -0.3 is 5.32 Å². The van der Waals surface area contributed by atoms with Crippen molar-refractivity contribution in [2.75, 3.05) is 6.54 Å². The fourth-order valence-corrected chi connectivity index (χ4v) is 3.49. The molecule has 0 saturated carbocycles. The molecule has 1 atom stereocenters. The van der Waals surface area contributed by atoms with E-state index in [2.05, 4.69) is 16.5 Å². The number of nitrogens with one attached hydrogen (secondary N) is 1. The van der Waals surface area contributed by atoms with E-state index in [1.807, 2.05) is 24.0 Å². The smallest absolute Gasteiger partial charge is 0.0934 e. The van der Waals surface area contributed by atoms with Crippen LogP contribution in [0.2, 0.25) is 4.34 Å². The quantitative estimate of drug-likeness (QED) is 0.905. The second-order valence-corrected chi connectivity index (χ2v) is 6.03. The Bertz CT molecular complexity index is 526. The van der Waals surface area contributed by atoms with E-state index in [-0.39, 0.29) is 0 Å². The molecule has 17 heavy (non-hydrogen) atoms. The molecule has 0 radical (unpaired) electrons. The molecule has 0 aromatic carbocycles. The molecule has 0 aliphatic carbocycles. The molecule has 5 heteroatoms. The van der Waals surface area contributed by atoms with Crippen molar-refractivity contribution in [3.63, 3.8) is 0 Å². The zero-order chi connectivity index (χ0) is 11.8. The van der Waals surface area contributed by atoms with Crippen molar-refractivity contribution in [3.8, 4) is 10.4 Å². The lowest BCUT2D eigenvalue weighted by Crippen LogP contribution is -2.16. The standard InChI is InChI=1S/C12H14ClN3S/c1-16-12(9-3-2-6-14-9)8(7-15-16)10-4-5-11(13)17-10/h4-5,7,9,14H,2-3,6H2,1H3. The summed E-state index contributed by atoms with van der Waals surface area (Å²) in [6.45, 7) is 1.10. The van der Waals surface area contributed by atoms with E-state index in [4.69, 9.17) is 11.6 Å². The lowest BCUT2D eigenvalue weighted by molar-refractivity contribution is 0.575. The highest BCUT2D eigenvalue weighted by Gasteiger charge is 2.24. The van der Waals surface area contributed by atoms with Gasteiger partial charge in [0.25, 0.3) is 0 Å². The summed E-state index contributed by atoms with van der Waals surface area (Å²) in [5, 5.41) is 7.91. The topological polar surface area (TPSA) is 29.9 Å². The van der Waals surface area contributed by atoms with Gasteiger partial charge in [-0.25, -0.2) is 0 Å². The van der Waals surface area contributed by atoms with Gasteiger partial charge in [0.2, 0.25) is 0 Å². The van der Waals surface area contributed by atoms with E-state index in [1.54, 1.807) is 11.3 Å². The van der Waals surface area contributed by atoms with Crippen molar-refractivity contribution in [1.82, 2.24) is 15.1 Å². The number of halogens is 1. The average Bonchev–Trinajstić information content (AvgIpc) is 2.97. The third-order valence-corrected chi connectivity index (χ3v) is 4.48. The van der Waals surface area contributed by atoms with Crippen LogP contribution in [0.1, 0.15) is 24.6 Å². The Hall–Kier alpha value is -0.840. The molecule has 0 bridgehead atoms. The Morgan fingerprint density at radius 2 is 2.41 bits per heavy atom. The molecule has 1 aliphatic heterocycles. The number of nitrogens with zero attached hydrogens (tertiary/aromatic N) is 2. The maximum atomic E-state index is 6.00. The molecule has 3 rings (SSSR count). The van der Waals surface area contributed by atoms with Gasteiger partial charge in [0.1, 0.15) is 0 Å². The van der Waals surface area contributed by atoms with Crippen LogP contribution in [0.5, 0.6) is 0 Å². The molecule has 2 aromatic heterocycles. The summed E-state index contributed by atoms with van der Waals surface area (Å²) in [4.78, 5) is 1.20. The van der Waals surface area contributed by atoms with Crippen LogP contribution >= 0.6 is 22.9 Å². The largest absolute Gasteiger partial charge is 0.309 e. The summed E-state index contributed by atoms with van der Waals surface area (Å²) in [6.07, 6.45) is 4.36. The molecule has 1 unspecified atom stereocenters. The van der Waals surface area contributed by atoms with E-state index >= 15 is 0 Å². The SMILES string of the molecule is Cn1ncc(-c2ccc(Cl)s2)c1C1CCCN1. The van der Waals surface area contributed by atoms with Gasteiger partial charge in [-0.15, -0.1) is 11.3 Å². The fourth-order valence-electron chi connectivity index (χ4n) is 2.43. The number of hydrogen-bond acceptors (Lipinski definition) is 3. The minimum atomic E-state index is 0.429. The summed E-state index contributed by atoms with van der Waals surface area (Å²) < 4.78 is 2.81. The minimum absolute atomic E-state index is 0.429. The van der Waals surface area contributed by atoms with Crippen LogP contribution in [0.15, 0.2) is 18.3 Å². The normalized spacial score (nSPS) is 20.0. The van der Waals surface area contributed by atoms with Gasteiger partial charge in [0.05, 0.1) is 16.2 Å². The van der Waals surface area contributed by atoms with Crippen molar-refractivity contribution in [3.05, 3.63) is 28.4 Å². The summed E-state index contributed by atoms with van der Waals surface area (Å²) in [6, 6.07) is 4.45. The van der Waals surface area contributed by atoms with Crippen LogP contribution in [0, 0.1) is 0 Å². The predicted octanol–water partition coefficient (Wildman–Crippen LogP) is 3.23. The highest BCUT2D eigenvalue weighted by molar-refractivity contribution is 7.19. The molecular formula is C12H14ClN3S. The van der Waals surface area contributed by atoms with Gasteiger partial charge in [0, 0.05) is 23.5 Å². The summed E-state index contributed by atoms with van der Waals surface area (Å²) in [7, 11) is 2.01. The Labute approximate surface area is 109 Å². The lowest BCUT2D eigenvalue weighted by Gasteiger charge is -2.12. The number of rotatable bonds is 2. The monoisotopic (exact) mass is 267 g/mol. The van der Waals surface area contributed by atoms with Gasteiger partial charge in [-0.3, -0.25) is 4.68 Å². The second-order valence-electron chi connectivity index (χ2n) is 4.32. The Morgan fingerprint density at radius 3 is 3.06 bits per heavy atom. The number of hydrogen-bond donors (Lipinski definition) is 1. The first kappa shape index (κ1) is 11.3. The molecule has 3 heterocycles.